The molecule has 0 saturated carbocycles. The van der Waals surface area contributed by atoms with Gasteiger partial charge in [-0.1, -0.05) is 57.2 Å². The Balaban J connectivity index is 1.84. The molecule has 2 aromatic rings. The van der Waals surface area contributed by atoms with Gasteiger partial charge in [-0.05, 0) is 41.5 Å². The maximum atomic E-state index is 13.6. The second-order valence-corrected chi connectivity index (χ2v) is 8.51. The number of ketones is 1. The molecule has 156 valence electrons. The zero-order valence-corrected chi connectivity index (χ0v) is 17.9. The highest BCUT2D eigenvalue weighted by Crippen LogP contribution is 2.43. The van der Waals surface area contributed by atoms with Crippen LogP contribution in [-0.4, -0.2) is 18.9 Å². The Labute approximate surface area is 177 Å². The normalized spacial score (nSPS) is 23.1. The van der Waals surface area contributed by atoms with Crippen LogP contribution in [0.1, 0.15) is 50.3 Å². The number of Topliss-reactive ketones (excluding diaryl/α,β-unsaturated/α-hetero) is 1. The Morgan fingerprint density at radius 2 is 1.73 bits per heavy atom. The molecular weight excluding hydrogens is 376 g/mol. The molecule has 30 heavy (non-hydrogen) atoms. The van der Waals surface area contributed by atoms with Crippen molar-refractivity contribution in [2.24, 2.45) is 11.8 Å². The van der Waals surface area contributed by atoms with Gasteiger partial charge in [0, 0.05) is 11.3 Å². The van der Waals surface area contributed by atoms with Crippen LogP contribution in [0.3, 0.4) is 0 Å². The van der Waals surface area contributed by atoms with E-state index >= 15 is 0 Å². The third-order valence-corrected chi connectivity index (χ3v) is 6.16. The number of hydrogen-bond acceptors (Lipinski definition) is 5. The number of hydrogen-bond donors (Lipinski definition) is 2. The first-order chi connectivity index (χ1) is 14.4. The zero-order valence-electron chi connectivity index (χ0n) is 17.9. The highest BCUT2D eigenvalue weighted by molar-refractivity contribution is 6.11. The molecule has 2 N–H and O–H groups in total. The number of esters is 1. The number of carbonyl (C=O) groups is 2. The molecule has 1 aliphatic carbocycles. The van der Waals surface area contributed by atoms with Gasteiger partial charge in [-0.25, -0.2) is 0 Å². The summed E-state index contributed by atoms with van der Waals surface area (Å²) >= 11 is 0. The van der Waals surface area contributed by atoms with E-state index in [9.17, 15) is 9.59 Å². The maximum Gasteiger partial charge on any atom is 0.316 e. The van der Waals surface area contributed by atoms with Crippen molar-refractivity contribution in [3.63, 3.8) is 0 Å². The number of allylic oxidation sites excluding steroid dienone is 1. The van der Waals surface area contributed by atoms with E-state index < -0.39 is 11.9 Å². The summed E-state index contributed by atoms with van der Waals surface area (Å²) in [4.78, 5) is 26.0. The Bertz CT molecular complexity index is 1010. The number of fused-ring (bicyclic) bond motifs is 1. The summed E-state index contributed by atoms with van der Waals surface area (Å²) in [6.45, 7) is 6.25. The topological polar surface area (TPSA) is 67.4 Å². The first-order valence-electron chi connectivity index (χ1n) is 10.5. The first kappa shape index (κ1) is 20.2. The number of benzene rings is 2. The lowest BCUT2D eigenvalue weighted by Crippen LogP contribution is -2.39. The summed E-state index contributed by atoms with van der Waals surface area (Å²) in [6, 6.07) is 16.0. The third kappa shape index (κ3) is 3.49. The Morgan fingerprint density at radius 3 is 2.37 bits per heavy atom. The van der Waals surface area contributed by atoms with Crippen molar-refractivity contribution in [1.82, 2.24) is 0 Å². The van der Waals surface area contributed by atoms with E-state index in [2.05, 4.69) is 48.7 Å². The lowest BCUT2D eigenvalue weighted by molar-refractivity contribution is -0.151. The predicted octanol–water partition coefficient (Wildman–Crippen LogP) is 5.04. The average molecular weight is 405 g/mol. The summed E-state index contributed by atoms with van der Waals surface area (Å²) in [5.74, 6) is -1.11. The number of methoxy groups -OCH3 is 1. The number of nitrogens with one attached hydrogen (secondary N) is 2. The quantitative estimate of drug-likeness (QED) is 0.554. The minimum Gasteiger partial charge on any atom is -0.468 e. The van der Waals surface area contributed by atoms with Gasteiger partial charge in [-0.3, -0.25) is 9.59 Å². The van der Waals surface area contributed by atoms with Crippen LogP contribution in [0.2, 0.25) is 0 Å². The summed E-state index contributed by atoms with van der Waals surface area (Å²) in [7, 11) is 1.34. The molecule has 2 aliphatic rings. The van der Waals surface area contributed by atoms with Gasteiger partial charge in [0.05, 0.1) is 24.5 Å². The van der Waals surface area contributed by atoms with Gasteiger partial charge in [0.15, 0.2) is 5.78 Å². The van der Waals surface area contributed by atoms with E-state index in [0.717, 1.165) is 22.6 Å². The second-order valence-electron chi connectivity index (χ2n) is 8.51. The SMILES string of the molecule is COC(=O)[C@@H]1C(=O)C2=C(C[C@@H]1C)Nc1ccccc1N[C@H]2c1ccc(C(C)C)cc1. The fourth-order valence-electron chi connectivity index (χ4n) is 4.46. The molecule has 0 aromatic heterocycles. The first-order valence-corrected chi connectivity index (χ1v) is 10.5. The molecular formula is C25H28N2O3. The summed E-state index contributed by atoms with van der Waals surface area (Å²) in [5, 5.41) is 7.03. The fourth-order valence-corrected chi connectivity index (χ4v) is 4.46. The van der Waals surface area contributed by atoms with Crippen LogP contribution in [0, 0.1) is 11.8 Å². The van der Waals surface area contributed by atoms with Crippen LogP contribution < -0.4 is 10.6 Å². The molecule has 5 heteroatoms. The van der Waals surface area contributed by atoms with E-state index in [1.54, 1.807) is 0 Å². The van der Waals surface area contributed by atoms with Gasteiger partial charge >= 0.3 is 5.97 Å². The molecule has 0 radical (unpaired) electrons. The molecule has 5 nitrogen and oxygen atoms in total. The van der Waals surface area contributed by atoms with Crippen LogP contribution in [0.15, 0.2) is 59.8 Å². The largest absolute Gasteiger partial charge is 0.468 e. The minimum absolute atomic E-state index is 0.134. The van der Waals surface area contributed by atoms with Crippen molar-refractivity contribution in [2.75, 3.05) is 17.7 Å². The standard InChI is InChI=1S/C25H28N2O3/c1-14(2)16-9-11-17(12-10-16)23-22-20(26-18-7-5-6-8-19(18)27-23)13-15(3)21(24(22)28)25(29)30-4/h5-12,14-15,21,23,26-27H,13H2,1-4H3/t15-,21-,23-/m0/s1. The van der Waals surface area contributed by atoms with Crippen LogP contribution in [0.5, 0.6) is 0 Å². The maximum absolute atomic E-state index is 13.6. The van der Waals surface area contributed by atoms with Crippen molar-refractivity contribution in [3.8, 4) is 0 Å². The van der Waals surface area contributed by atoms with Crippen molar-refractivity contribution in [1.29, 1.82) is 0 Å². The number of rotatable bonds is 3. The van der Waals surface area contributed by atoms with E-state index in [1.165, 1.54) is 12.7 Å². The highest BCUT2D eigenvalue weighted by Gasteiger charge is 2.44. The van der Waals surface area contributed by atoms with Gasteiger partial charge in [-0.15, -0.1) is 0 Å². The zero-order chi connectivity index (χ0) is 21.4. The van der Waals surface area contributed by atoms with E-state index in [0.29, 0.717) is 17.9 Å². The Morgan fingerprint density at radius 1 is 1.07 bits per heavy atom. The van der Waals surface area contributed by atoms with Crippen molar-refractivity contribution in [3.05, 3.63) is 70.9 Å². The van der Waals surface area contributed by atoms with Crippen molar-refractivity contribution < 1.29 is 14.3 Å². The molecule has 0 bridgehead atoms. The van der Waals surface area contributed by atoms with Crippen LogP contribution in [0.4, 0.5) is 11.4 Å². The fraction of sp³-hybridized carbons (Fsp3) is 0.360. The predicted molar refractivity (Wildman–Crippen MR) is 118 cm³/mol. The Hall–Kier alpha value is -3.08. The molecule has 1 aliphatic heterocycles. The monoisotopic (exact) mass is 404 g/mol. The van der Waals surface area contributed by atoms with Gasteiger partial charge in [-0.2, -0.15) is 0 Å². The van der Waals surface area contributed by atoms with Gasteiger partial charge in [0.1, 0.15) is 5.92 Å². The summed E-state index contributed by atoms with van der Waals surface area (Å²) in [6.07, 6.45) is 0.609. The minimum atomic E-state index is -0.781. The van der Waals surface area contributed by atoms with Crippen molar-refractivity contribution in [2.45, 2.75) is 39.2 Å². The lowest BCUT2D eigenvalue weighted by Gasteiger charge is -2.32. The average Bonchev–Trinajstić information content (AvgIpc) is 2.90. The molecule has 0 amide bonds. The number of anilines is 2. The molecule has 4 rings (SSSR count). The number of para-hydroxylation sites is 2. The van der Waals surface area contributed by atoms with Gasteiger partial charge in [0.25, 0.3) is 0 Å². The van der Waals surface area contributed by atoms with Crippen LogP contribution >= 0.6 is 0 Å². The molecule has 0 unspecified atom stereocenters. The summed E-state index contributed by atoms with van der Waals surface area (Å²) in [5.41, 5.74) is 5.61. The highest BCUT2D eigenvalue weighted by atomic mass is 16.5. The smallest absolute Gasteiger partial charge is 0.316 e. The molecule has 0 spiro atoms. The Kier molecular flexibility index (Phi) is 5.37. The lowest BCUT2D eigenvalue weighted by atomic mass is 9.74. The van der Waals surface area contributed by atoms with Gasteiger partial charge in [0.2, 0.25) is 0 Å². The van der Waals surface area contributed by atoms with Gasteiger partial charge < -0.3 is 15.4 Å². The number of ether oxygens (including phenoxy) is 1. The molecule has 3 atom stereocenters. The van der Waals surface area contributed by atoms with E-state index in [1.807, 2.05) is 31.2 Å². The van der Waals surface area contributed by atoms with Crippen LogP contribution in [-0.2, 0) is 14.3 Å². The molecule has 0 saturated heterocycles. The van der Waals surface area contributed by atoms with E-state index in [-0.39, 0.29) is 17.7 Å². The number of carbonyl (C=O) groups excluding carboxylic acids is 2. The molecule has 1 heterocycles. The summed E-state index contributed by atoms with van der Waals surface area (Å²) < 4.78 is 4.96. The third-order valence-electron chi connectivity index (χ3n) is 6.16. The van der Waals surface area contributed by atoms with Crippen molar-refractivity contribution >= 4 is 23.1 Å². The molecule has 2 aromatic carbocycles. The van der Waals surface area contributed by atoms with Crippen LogP contribution in [0.25, 0.3) is 0 Å². The molecule has 0 fully saturated rings. The van der Waals surface area contributed by atoms with E-state index in [4.69, 9.17) is 4.74 Å². The second kappa shape index (κ2) is 7.98.